The summed E-state index contributed by atoms with van der Waals surface area (Å²) in [5.41, 5.74) is 0. The molecule has 3 rings (SSSR count). The fourth-order valence-corrected chi connectivity index (χ4v) is 4.06. The van der Waals surface area contributed by atoms with Crippen molar-refractivity contribution in [3.05, 3.63) is 0 Å². The van der Waals surface area contributed by atoms with Crippen molar-refractivity contribution in [2.45, 2.75) is 99.6 Å². The van der Waals surface area contributed by atoms with Crippen molar-refractivity contribution in [2.24, 2.45) is 0 Å². The van der Waals surface area contributed by atoms with Gasteiger partial charge in [-0.3, -0.25) is 0 Å². The molecule has 7 N–H and O–H groups in total. The highest BCUT2D eigenvalue weighted by molar-refractivity contribution is 4.94. The second kappa shape index (κ2) is 10.2. The normalized spacial score (nSPS) is 47.3. The van der Waals surface area contributed by atoms with Crippen LogP contribution in [0.5, 0.6) is 0 Å². The lowest BCUT2D eigenvalue weighted by molar-refractivity contribution is -0.363. The predicted octanol–water partition coefficient (Wildman–Crippen LogP) is -3.04. The van der Waals surface area contributed by atoms with Crippen LogP contribution >= 0.6 is 0 Å². The molecule has 1 aliphatic carbocycles. The zero-order valence-electron chi connectivity index (χ0n) is 16.1. The van der Waals surface area contributed by atoms with Gasteiger partial charge in [0.15, 0.2) is 12.6 Å². The van der Waals surface area contributed by atoms with Crippen molar-refractivity contribution in [1.82, 2.24) is 0 Å². The van der Waals surface area contributed by atoms with Crippen LogP contribution in [0.2, 0.25) is 0 Å². The van der Waals surface area contributed by atoms with E-state index in [-0.39, 0.29) is 6.10 Å². The molecule has 2 heterocycles. The van der Waals surface area contributed by atoms with E-state index in [4.69, 9.17) is 18.9 Å². The van der Waals surface area contributed by atoms with Crippen LogP contribution in [0.15, 0.2) is 0 Å². The van der Waals surface area contributed by atoms with Gasteiger partial charge in [-0.2, -0.15) is 0 Å². The molecule has 10 atom stereocenters. The first kappa shape index (κ1) is 23.2. The minimum Gasteiger partial charge on any atom is -0.394 e. The number of rotatable bonds is 6. The fraction of sp³-hybridized carbons (Fsp3) is 1.00. The topological polar surface area (TPSA) is 179 Å². The Morgan fingerprint density at radius 2 is 1.17 bits per heavy atom. The van der Waals surface area contributed by atoms with E-state index in [1.165, 1.54) is 0 Å². The van der Waals surface area contributed by atoms with Gasteiger partial charge in [-0.25, -0.2) is 0 Å². The molecule has 0 spiro atoms. The molecule has 2 aliphatic heterocycles. The molecule has 170 valence electrons. The third-order valence-corrected chi connectivity index (χ3v) is 5.84. The maximum absolute atomic E-state index is 10.6. The van der Waals surface area contributed by atoms with E-state index in [2.05, 4.69) is 0 Å². The van der Waals surface area contributed by atoms with Gasteiger partial charge in [-0.1, -0.05) is 19.3 Å². The fourth-order valence-electron chi connectivity index (χ4n) is 4.06. The van der Waals surface area contributed by atoms with Crippen LogP contribution in [0.3, 0.4) is 0 Å². The summed E-state index contributed by atoms with van der Waals surface area (Å²) in [5.74, 6) is 0. The smallest absolute Gasteiger partial charge is 0.187 e. The Morgan fingerprint density at radius 1 is 0.621 bits per heavy atom. The quantitative estimate of drug-likeness (QED) is 0.230. The molecular formula is C18H32O11. The summed E-state index contributed by atoms with van der Waals surface area (Å²) >= 11 is 0. The van der Waals surface area contributed by atoms with Crippen molar-refractivity contribution < 1.29 is 54.7 Å². The first-order valence-corrected chi connectivity index (χ1v) is 10.1. The number of aliphatic hydroxyl groups excluding tert-OH is 7. The molecule has 0 aromatic carbocycles. The van der Waals surface area contributed by atoms with Gasteiger partial charge in [-0.05, 0) is 12.8 Å². The van der Waals surface area contributed by atoms with Gasteiger partial charge in [0, 0.05) is 0 Å². The summed E-state index contributed by atoms with van der Waals surface area (Å²) in [6.07, 6.45) is -9.59. The van der Waals surface area contributed by atoms with Gasteiger partial charge >= 0.3 is 0 Å². The highest BCUT2D eigenvalue weighted by atomic mass is 16.7. The molecule has 0 aromatic heterocycles. The maximum Gasteiger partial charge on any atom is 0.187 e. The molecule has 0 unspecified atom stereocenters. The lowest BCUT2D eigenvalue weighted by atomic mass is 9.96. The zero-order chi connectivity index (χ0) is 21.1. The van der Waals surface area contributed by atoms with Crippen molar-refractivity contribution in [3.63, 3.8) is 0 Å². The summed E-state index contributed by atoms with van der Waals surface area (Å²) in [5, 5.41) is 69.8. The van der Waals surface area contributed by atoms with Crippen LogP contribution in [0.4, 0.5) is 0 Å². The Morgan fingerprint density at radius 3 is 1.79 bits per heavy atom. The van der Waals surface area contributed by atoms with E-state index in [9.17, 15) is 35.7 Å². The van der Waals surface area contributed by atoms with Crippen molar-refractivity contribution in [3.8, 4) is 0 Å². The number of hydrogen-bond donors (Lipinski definition) is 7. The summed E-state index contributed by atoms with van der Waals surface area (Å²) < 4.78 is 22.2. The summed E-state index contributed by atoms with van der Waals surface area (Å²) in [7, 11) is 0. The SMILES string of the molecule is OC[C@H]1O[C@@H](O[C@H]2[C@H](O)[C@@H](O)[C@@H](OC3CCCCC3)O[C@@H]2CO)[C@H](O)[C@@H](O)[C@@H]1O. The molecule has 11 heteroatoms. The number of ether oxygens (including phenoxy) is 4. The van der Waals surface area contributed by atoms with Crippen molar-refractivity contribution in [1.29, 1.82) is 0 Å². The first-order chi connectivity index (χ1) is 13.9. The van der Waals surface area contributed by atoms with Crippen LogP contribution in [0.25, 0.3) is 0 Å². The minimum absolute atomic E-state index is 0.113. The summed E-state index contributed by atoms with van der Waals surface area (Å²) in [6, 6.07) is 0. The predicted molar refractivity (Wildman–Crippen MR) is 94.4 cm³/mol. The summed E-state index contributed by atoms with van der Waals surface area (Å²) in [6.45, 7) is -1.21. The third kappa shape index (κ3) is 5.08. The Balaban J connectivity index is 1.66. The monoisotopic (exact) mass is 424 g/mol. The lowest BCUT2D eigenvalue weighted by Crippen LogP contribution is -2.64. The van der Waals surface area contributed by atoms with Crippen LogP contribution in [0.1, 0.15) is 32.1 Å². The molecule has 2 saturated heterocycles. The molecule has 11 nitrogen and oxygen atoms in total. The van der Waals surface area contributed by atoms with Crippen LogP contribution < -0.4 is 0 Å². The maximum atomic E-state index is 10.6. The number of hydrogen-bond acceptors (Lipinski definition) is 11. The van der Waals surface area contributed by atoms with Crippen LogP contribution in [-0.2, 0) is 18.9 Å². The molecule has 29 heavy (non-hydrogen) atoms. The van der Waals surface area contributed by atoms with E-state index in [1.807, 2.05) is 0 Å². The van der Waals surface area contributed by atoms with E-state index < -0.39 is 74.6 Å². The van der Waals surface area contributed by atoms with Gasteiger partial charge in [0.05, 0.1) is 19.3 Å². The Hall–Kier alpha value is -0.440. The molecule has 0 bridgehead atoms. The van der Waals surface area contributed by atoms with Gasteiger partial charge < -0.3 is 54.7 Å². The standard InChI is InChI=1S/C18H32O11/c19-6-9-11(21)12(22)14(24)18(27-9)29-16-10(7-20)28-17(15(25)13(16)23)26-8-4-2-1-3-5-8/h8-25H,1-7H2/t9-,10-,11-,12+,13-,14-,15-,16-,17+,18+/m1/s1. The Bertz CT molecular complexity index is 498. The highest BCUT2D eigenvalue weighted by Gasteiger charge is 2.51. The van der Waals surface area contributed by atoms with E-state index in [1.54, 1.807) is 0 Å². The van der Waals surface area contributed by atoms with E-state index in [0.717, 1.165) is 32.1 Å². The Kier molecular flexibility index (Phi) is 8.21. The molecular weight excluding hydrogens is 392 g/mol. The van der Waals surface area contributed by atoms with E-state index >= 15 is 0 Å². The molecule has 1 saturated carbocycles. The molecule has 0 radical (unpaired) electrons. The van der Waals surface area contributed by atoms with Gasteiger partial charge in [0.1, 0.15) is 48.8 Å². The summed E-state index contributed by atoms with van der Waals surface area (Å²) in [4.78, 5) is 0. The average molecular weight is 424 g/mol. The van der Waals surface area contributed by atoms with Crippen molar-refractivity contribution in [2.75, 3.05) is 13.2 Å². The van der Waals surface area contributed by atoms with E-state index in [0.29, 0.717) is 0 Å². The second-order valence-electron chi connectivity index (χ2n) is 7.90. The molecule has 3 fully saturated rings. The first-order valence-electron chi connectivity index (χ1n) is 10.1. The lowest BCUT2D eigenvalue weighted by Gasteiger charge is -2.46. The van der Waals surface area contributed by atoms with Crippen LogP contribution in [-0.4, -0.2) is 116 Å². The highest BCUT2D eigenvalue weighted by Crippen LogP contribution is 2.31. The molecule has 0 aromatic rings. The Labute approximate surface area is 168 Å². The number of aliphatic hydroxyl groups is 7. The van der Waals surface area contributed by atoms with Crippen molar-refractivity contribution >= 4 is 0 Å². The molecule has 3 aliphatic rings. The molecule has 0 amide bonds. The average Bonchev–Trinajstić information content (AvgIpc) is 2.74. The van der Waals surface area contributed by atoms with Gasteiger partial charge in [0.25, 0.3) is 0 Å². The van der Waals surface area contributed by atoms with Crippen LogP contribution in [0, 0.1) is 0 Å². The largest absolute Gasteiger partial charge is 0.394 e. The third-order valence-electron chi connectivity index (χ3n) is 5.84. The minimum atomic E-state index is -1.69. The second-order valence-corrected chi connectivity index (χ2v) is 7.90. The van der Waals surface area contributed by atoms with Gasteiger partial charge in [0.2, 0.25) is 0 Å². The zero-order valence-corrected chi connectivity index (χ0v) is 16.1. The van der Waals surface area contributed by atoms with Gasteiger partial charge in [-0.15, -0.1) is 0 Å².